The fraction of sp³-hybridized carbons (Fsp3) is 0.105. The monoisotopic (exact) mass is 352 g/mol. The highest BCUT2D eigenvalue weighted by Gasteiger charge is 2.13. The van der Waals surface area contributed by atoms with Crippen molar-refractivity contribution in [1.82, 2.24) is 4.98 Å². The van der Waals surface area contributed by atoms with E-state index in [2.05, 4.69) is 15.7 Å². The van der Waals surface area contributed by atoms with Crippen LogP contribution in [0, 0.1) is 6.92 Å². The number of aromatic nitrogens is 1. The van der Waals surface area contributed by atoms with E-state index >= 15 is 0 Å². The van der Waals surface area contributed by atoms with Crippen molar-refractivity contribution in [2.75, 3.05) is 7.05 Å². The number of hydrogen-bond acceptors (Lipinski definition) is 4. The van der Waals surface area contributed by atoms with E-state index in [0.717, 1.165) is 16.0 Å². The summed E-state index contributed by atoms with van der Waals surface area (Å²) in [5.41, 5.74) is 13.2. The summed E-state index contributed by atoms with van der Waals surface area (Å²) in [5.74, 6) is -0.126. The predicted molar refractivity (Wildman–Crippen MR) is 104 cm³/mol. The molecule has 0 saturated carbocycles. The molecule has 5 nitrogen and oxygen atoms in total. The van der Waals surface area contributed by atoms with Gasteiger partial charge < -0.3 is 11.5 Å². The minimum atomic E-state index is -0.324. The third-order valence-electron chi connectivity index (χ3n) is 3.41. The normalized spacial score (nSPS) is 10.8. The summed E-state index contributed by atoms with van der Waals surface area (Å²) in [5, 5.41) is 0. The molecule has 3 rings (SSSR count). The van der Waals surface area contributed by atoms with E-state index in [1.54, 1.807) is 24.5 Å². The molecule has 0 aliphatic rings. The second-order valence-corrected chi connectivity index (χ2v) is 6.24. The standard InChI is InChI=1S/C18H15N3OS.CH5N/c1-12-15(13-5-3-2-4-6-13)11-16(23-12)18(22)21-17(19)14-7-9-20-10-8-14;1-2/h2-11H,1H3,(H2,19,21,22);2H2,1H3. The number of rotatable bonds is 3. The minimum absolute atomic E-state index is 0.199. The number of hydrogen-bond donors (Lipinski definition) is 2. The molecule has 4 N–H and O–H groups in total. The van der Waals surface area contributed by atoms with Gasteiger partial charge in [0.2, 0.25) is 0 Å². The molecule has 0 spiro atoms. The van der Waals surface area contributed by atoms with Gasteiger partial charge in [-0.3, -0.25) is 9.78 Å². The van der Waals surface area contributed by atoms with Crippen molar-refractivity contribution in [1.29, 1.82) is 0 Å². The van der Waals surface area contributed by atoms with E-state index < -0.39 is 0 Å². The molecular weight excluding hydrogens is 332 g/mol. The Kier molecular flexibility index (Phi) is 6.56. The zero-order valence-electron chi connectivity index (χ0n) is 14.1. The van der Waals surface area contributed by atoms with Gasteiger partial charge in [-0.15, -0.1) is 11.3 Å². The summed E-state index contributed by atoms with van der Waals surface area (Å²) in [6.07, 6.45) is 3.23. The Hall–Kier alpha value is -2.83. The first-order chi connectivity index (χ1) is 12.1. The average Bonchev–Trinajstić information content (AvgIpc) is 3.06. The fourth-order valence-corrected chi connectivity index (χ4v) is 3.17. The molecule has 2 heterocycles. The Morgan fingerprint density at radius 2 is 1.72 bits per heavy atom. The van der Waals surface area contributed by atoms with Crippen molar-refractivity contribution in [3.63, 3.8) is 0 Å². The van der Waals surface area contributed by atoms with Crippen LogP contribution in [0.3, 0.4) is 0 Å². The van der Waals surface area contributed by atoms with Crippen molar-refractivity contribution in [3.05, 3.63) is 76.2 Å². The number of nitrogens with two attached hydrogens (primary N) is 2. The average molecular weight is 352 g/mol. The van der Waals surface area contributed by atoms with E-state index in [4.69, 9.17) is 5.73 Å². The lowest BCUT2D eigenvalue weighted by Gasteiger charge is -1.98. The molecule has 128 valence electrons. The third kappa shape index (κ3) is 4.59. The summed E-state index contributed by atoms with van der Waals surface area (Å²) in [4.78, 5) is 21.9. The number of amidine groups is 1. The Balaban J connectivity index is 0.00000109. The lowest BCUT2D eigenvalue weighted by atomic mass is 10.1. The Bertz CT molecular complexity index is 858. The van der Waals surface area contributed by atoms with Crippen LogP contribution in [0.1, 0.15) is 20.1 Å². The van der Waals surface area contributed by atoms with Gasteiger partial charge in [0.25, 0.3) is 5.91 Å². The Labute approximate surface area is 151 Å². The van der Waals surface area contributed by atoms with Gasteiger partial charge in [-0.2, -0.15) is 4.99 Å². The number of pyridine rings is 1. The van der Waals surface area contributed by atoms with E-state index in [1.807, 2.05) is 43.3 Å². The van der Waals surface area contributed by atoms with Crippen LogP contribution in [0.4, 0.5) is 0 Å². The summed E-state index contributed by atoms with van der Waals surface area (Å²) in [6.45, 7) is 2.00. The van der Waals surface area contributed by atoms with Gasteiger partial charge in [-0.05, 0) is 43.3 Å². The fourth-order valence-electron chi connectivity index (χ4n) is 2.24. The van der Waals surface area contributed by atoms with E-state index in [1.165, 1.54) is 18.4 Å². The third-order valence-corrected chi connectivity index (χ3v) is 4.45. The molecule has 6 heteroatoms. The van der Waals surface area contributed by atoms with Crippen LogP contribution in [0.15, 0.2) is 65.9 Å². The predicted octanol–water partition coefficient (Wildman–Crippen LogP) is 3.24. The van der Waals surface area contributed by atoms with Crippen molar-refractivity contribution < 1.29 is 4.79 Å². The minimum Gasteiger partial charge on any atom is -0.383 e. The number of thiophene rings is 1. The van der Waals surface area contributed by atoms with Crippen molar-refractivity contribution in [3.8, 4) is 11.1 Å². The molecule has 0 unspecified atom stereocenters. The molecule has 0 aliphatic carbocycles. The quantitative estimate of drug-likeness (QED) is 0.559. The van der Waals surface area contributed by atoms with Crippen LogP contribution in [0.2, 0.25) is 0 Å². The van der Waals surface area contributed by atoms with Crippen LogP contribution in [-0.2, 0) is 0 Å². The highest BCUT2D eigenvalue weighted by atomic mass is 32.1. The van der Waals surface area contributed by atoms with Gasteiger partial charge in [0.05, 0.1) is 4.88 Å². The van der Waals surface area contributed by atoms with Crippen LogP contribution in [0.25, 0.3) is 11.1 Å². The second-order valence-electron chi connectivity index (χ2n) is 4.98. The number of benzene rings is 1. The molecule has 0 fully saturated rings. The first kappa shape index (κ1) is 18.5. The molecule has 0 saturated heterocycles. The first-order valence-electron chi connectivity index (χ1n) is 7.67. The van der Waals surface area contributed by atoms with E-state index in [9.17, 15) is 4.79 Å². The largest absolute Gasteiger partial charge is 0.383 e. The van der Waals surface area contributed by atoms with Gasteiger partial charge in [-0.25, -0.2) is 0 Å². The topological polar surface area (TPSA) is 94.4 Å². The highest BCUT2D eigenvalue weighted by Crippen LogP contribution is 2.31. The molecule has 1 amide bonds. The molecule has 0 aliphatic heterocycles. The Morgan fingerprint density at radius 1 is 1.08 bits per heavy atom. The van der Waals surface area contributed by atoms with Crippen LogP contribution in [0.5, 0.6) is 0 Å². The van der Waals surface area contributed by atoms with Crippen molar-refractivity contribution >= 4 is 23.1 Å². The number of nitrogens with zero attached hydrogens (tertiary/aromatic N) is 2. The molecular formula is C19H20N4OS. The second kappa shape index (κ2) is 8.86. The maximum absolute atomic E-state index is 12.4. The molecule has 0 bridgehead atoms. The summed E-state index contributed by atoms with van der Waals surface area (Å²) >= 11 is 1.43. The van der Waals surface area contributed by atoms with E-state index in [0.29, 0.717) is 10.4 Å². The maximum atomic E-state index is 12.4. The van der Waals surface area contributed by atoms with Gasteiger partial charge in [0.1, 0.15) is 5.84 Å². The Morgan fingerprint density at radius 3 is 2.36 bits per heavy atom. The molecule has 0 radical (unpaired) electrons. The first-order valence-corrected chi connectivity index (χ1v) is 8.49. The van der Waals surface area contributed by atoms with Crippen molar-refractivity contribution in [2.45, 2.75) is 6.92 Å². The number of aliphatic imine (C=N–C) groups is 1. The summed E-state index contributed by atoms with van der Waals surface area (Å²) in [6, 6.07) is 15.3. The molecule has 1 aromatic carbocycles. The maximum Gasteiger partial charge on any atom is 0.289 e. The smallest absolute Gasteiger partial charge is 0.289 e. The van der Waals surface area contributed by atoms with Gasteiger partial charge >= 0.3 is 0 Å². The van der Waals surface area contributed by atoms with Crippen molar-refractivity contribution in [2.24, 2.45) is 16.5 Å². The molecule has 25 heavy (non-hydrogen) atoms. The lowest BCUT2D eigenvalue weighted by molar-refractivity contribution is 0.101. The van der Waals surface area contributed by atoms with Crippen LogP contribution in [-0.4, -0.2) is 23.8 Å². The van der Waals surface area contributed by atoms with Crippen LogP contribution >= 0.6 is 11.3 Å². The summed E-state index contributed by atoms with van der Waals surface area (Å²) < 4.78 is 0. The summed E-state index contributed by atoms with van der Waals surface area (Å²) in [7, 11) is 1.50. The van der Waals surface area contributed by atoms with Gasteiger partial charge in [-0.1, -0.05) is 30.3 Å². The number of amides is 1. The highest BCUT2D eigenvalue weighted by molar-refractivity contribution is 7.14. The number of carbonyl (C=O) groups is 1. The lowest BCUT2D eigenvalue weighted by Crippen LogP contribution is -2.15. The number of aryl methyl sites for hydroxylation is 1. The van der Waals surface area contributed by atoms with Gasteiger partial charge in [0.15, 0.2) is 0 Å². The van der Waals surface area contributed by atoms with Crippen LogP contribution < -0.4 is 11.5 Å². The number of carbonyl (C=O) groups excluding carboxylic acids is 1. The molecule has 3 aromatic rings. The molecule has 0 atom stereocenters. The SMILES string of the molecule is CN.Cc1sc(C(=O)N=C(N)c2ccncc2)cc1-c1ccccc1. The zero-order valence-corrected chi connectivity index (χ0v) is 15.0. The molecule has 2 aromatic heterocycles. The zero-order chi connectivity index (χ0) is 18.2. The van der Waals surface area contributed by atoms with E-state index in [-0.39, 0.29) is 11.7 Å². The van der Waals surface area contributed by atoms with Gasteiger partial charge in [0, 0.05) is 22.8 Å².